The molecule has 0 atom stereocenters. The Morgan fingerprint density at radius 1 is 1.19 bits per heavy atom. The Labute approximate surface area is 154 Å². The van der Waals surface area contributed by atoms with E-state index in [1.807, 2.05) is 48.8 Å². The van der Waals surface area contributed by atoms with Crippen LogP contribution in [0, 0.1) is 0 Å². The number of phenols is 2. The van der Waals surface area contributed by atoms with E-state index in [0.29, 0.717) is 17.9 Å². The Bertz CT molecular complexity index is 824. The lowest BCUT2D eigenvalue weighted by atomic mass is 9.96. The molecule has 2 aromatic rings. The van der Waals surface area contributed by atoms with E-state index in [0.717, 1.165) is 36.3 Å². The van der Waals surface area contributed by atoms with Crippen LogP contribution in [0.2, 0.25) is 0 Å². The van der Waals surface area contributed by atoms with Crippen LogP contribution < -0.4 is 0 Å². The van der Waals surface area contributed by atoms with E-state index < -0.39 is 0 Å². The molecule has 1 aliphatic heterocycles. The van der Waals surface area contributed by atoms with E-state index in [1.165, 1.54) is 6.07 Å². The Morgan fingerprint density at radius 3 is 2.62 bits per heavy atom. The molecule has 0 bridgehead atoms. The molecule has 0 aliphatic carbocycles. The number of aryl methyl sites for hydroxylation is 1. The van der Waals surface area contributed by atoms with Gasteiger partial charge in [-0.25, -0.2) is 0 Å². The zero-order valence-corrected chi connectivity index (χ0v) is 15.9. The van der Waals surface area contributed by atoms with Crippen molar-refractivity contribution in [3.05, 3.63) is 41.2 Å². The van der Waals surface area contributed by atoms with Crippen molar-refractivity contribution < 1.29 is 15.1 Å². The second-order valence-electron chi connectivity index (χ2n) is 6.90. The van der Waals surface area contributed by atoms with Gasteiger partial charge in [0.15, 0.2) is 5.76 Å². The normalized spacial score (nSPS) is 15.1. The number of nitrogens with zero attached hydrogens (tertiary/aromatic N) is 3. The van der Waals surface area contributed by atoms with Crippen molar-refractivity contribution in [2.75, 3.05) is 13.1 Å². The van der Waals surface area contributed by atoms with E-state index in [-0.39, 0.29) is 17.4 Å². The number of phenolic OH excluding ortho intramolecular Hbond substituents is 2. The summed E-state index contributed by atoms with van der Waals surface area (Å²) < 4.78 is 1.92. The quantitative estimate of drug-likeness (QED) is 0.819. The van der Waals surface area contributed by atoms with E-state index in [4.69, 9.17) is 4.84 Å². The van der Waals surface area contributed by atoms with Crippen LogP contribution in [0.5, 0.6) is 11.5 Å². The number of aromatic hydroxyl groups is 2. The first-order chi connectivity index (χ1) is 12.4. The molecule has 0 unspecified atom stereocenters. The molecule has 140 valence electrons. The summed E-state index contributed by atoms with van der Waals surface area (Å²) in [7, 11) is 0. The fourth-order valence-corrected chi connectivity index (χ4v) is 3.16. The summed E-state index contributed by atoms with van der Waals surface area (Å²) >= 11 is 0. The van der Waals surface area contributed by atoms with Gasteiger partial charge >= 0.3 is 0 Å². The molecule has 0 radical (unpaired) electrons. The first-order valence-electron chi connectivity index (χ1n) is 9.20. The fourth-order valence-electron chi connectivity index (χ4n) is 3.16. The van der Waals surface area contributed by atoms with Gasteiger partial charge in [-0.1, -0.05) is 20.8 Å². The molecule has 2 N–H and O–H groups in total. The minimum atomic E-state index is 0.00495. The highest BCUT2D eigenvalue weighted by Gasteiger charge is 2.29. The molecule has 3 rings (SSSR count). The van der Waals surface area contributed by atoms with Gasteiger partial charge in [0, 0.05) is 30.9 Å². The predicted octanol–water partition coefficient (Wildman–Crippen LogP) is 3.96. The second-order valence-corrected chi connectivity index (χ2v) is 6.90. The molecule has 1 aromatic carbocycles. The summed E-state index contributed by atoms with van der Waals surface area (Å²) in [6, 6.07) is 5.18. The Balaban J connectivity index is 2.10. The molecule has 0 fully saturated rings. The molecule has 6 nitrogen and oxygen atoms in total. The van der Waals surface area contributed by atoms with Crippen molar-refractivity contribution in [1.82, 2.24) is 14.8 Å². The molecule has 6 heteroatoms. The van der Waals surface area contributed by atoms with E-state index in [9.17, 15) is 10.2 Å². The highest BCUT2D eigenvalue weighted by atomic mass is 16.7. The standard InChI is InChI=1S/C20H27N3O3/c1-5-8-22-9-7-17(21-22)16-12-23(6-2)26-20(16)15-10-14(13(3)4)18(24)11-19(15)25/h7,9-11,13,24-25H,5-6,8,12H2,1-4H3. The minimum Gasteiger partial charge on any atom is -0.508 e. The second kappa shape index (κ2) is 7.41. The third-order valence-corrected chi connectivity index (χ3v) is 4.60. The minimum absolute atomic E-state index is 0.00495. The monoisotopic (exact) mass is 357 g/mol. The van der Waals surface area contributed by atoms with Crippen molar-refractivity contribution in [3.8, 4) is 11.5 Å². The molecule has 1 aliphatic rings. The molecular weight excluding hydrogens is 330 g/mol. The predicted molar refractivity (Wildman–Crippen MR) is 102 cm³/mol. The molecule has 0 amide bonds. The Morgan fingerprint density at radius 2 is 1.96 bits per heavy atom. The molecule has 26 heavy (non-hydrogen) atoms. The maximum Gasteiger partial charge on any atom is 0.165 e. The first kappa shape index (κ1) is 18.3. The average molecular weight is 357 g/mol. The van der Waals surface area contributed by atoms with E-state index in [2.05, 4.69) is 12.0 Å². The lowest BCUT2D eigenvalue weighted by Crippen LogP contribution is -2.18. The number of hydroxylamine groups is 2. The van der Waals surface area contributed by atoms with Gasteiger partial charge in [0.05, 0.1) is 17.8 Å². The first-order valence-corrected chi connectivity index (χ1v) is 9.20. The number of hydrogen-bond donors (Lipinski definition) is 2. The van der Waals surface area contributed by atoms with Crippen molar-refractivity contribution in [1.29, 1.82) is 0 Å². The van der Waals surface area contributed by atoms with E-state index in [1.54, 1.807) is 0 Å². The number of hydrogen-bond acceptors (Lipinski definition) is 5. The van der Waals surface area contributed by atoms with Crippen LogP contribution in [0.1, 0.15) is 56.9 Å². The Kier molecular flexibility index (Phi) is 5.23. The van der Waals surface area contributed by atoms with Gasteiger partial charge in [0.2, 0.25) is 0 Å². The maximum absolute atomic E-state index is 10.5. The van der Waals surface area contributed by atoms with Crippen LogP contribution >= 0.6 is 0 Å². The third kappa shape index (κ3) is 3.42. The van der Waals surface area contributed by atoms with Crippen molar-refractivity contribution >= 4 is 11.3 Å². The van der Waals surface area contributed by atoms with Crippen LogP contribution in [0.4, 0.5) is 0 Å². The third-order valence-electron chi connectivity index (χ3n) is 4.60. The number of benzene rings is 1. The number of rotatable bonds is 6. The van der Waals surface area contributed by atoms with Gasteiger partial charge in [-0.2, -0.15) is 5.10 Å². The van der Waals surface area contributed by atoms with Crippen LogP contribution in [0.3, 0.4) is 0 Å². The largest absolute Gasteiger partial charge is 0.508 e. The lowest BCUT2D eigenvalue weighted by molar-refractivity contribution is -0.0556. The van der Waals surface area contributed by atoms with Crippen molar-refractivity contribution in [2.45, 2.75) is 46.6 Å². The van der Waals surface area contributed by atoms with Crippen molar-refractivity contribution in [3.63, 3.8) is 0 Å². The van der Waals surface area contributed by atoms with Gasteiger partial charge in [0.25, 0.3) is 0 Å². The summed E-state index contributed by atoms with van der Waals surface area (Å²) in [5, 5.41) is 27.1. The number of aromatic nitrogens is 2. The molecular formula is C20H27N3O3. The summed E-state index contributed by atoms with van der Waals surface area (Å²) in [6.45, 7) is 10.3. The van der Waals surface area contributed by atoms with Gasteiger partial charge in [-0.05, 0) is 37.0 Å². The summed E-state index contributed by atoms with van der Waals surface area (Å²) in [4.78, 5) is 6.01. The average Bonchev–Trinajstić information content (AvgIpc) is 3.21. The Hall–Kier alpha value is -2.47. The molecule has 0 spiro atoms. The highest BCUT2D eigenvalue weighted by molar-refractivity contribution is 5.90. The topological polar surface area (TPSA) is 70.8 Å². The SMILES string of the molecule is CCCn1ccc(C2=C(c3cc(C(C)C)c(O)cc3O)ON(CC)C2)n1. The molecule has 0 saturated heterocycles. The highest BCUT2D eigenvalue weighted by Crippen LogP contribution is 2.41. The summed E-state index contributed by atoms with van der Waals surface area (Å²) in [5.41, 5.74) is 3.16. The smallest absolute Gasteiger partial charge is 0.165 e. The van der Waals surface area contributed by atoms with Crippen LogP contribution in [0.25, 0.3) is 11.3 Å². The van der Waals surface area contributed by atoms with Crippen LogP contribution in [-0.2, 0) is 11.4 Å². The fraction of sp³-hybridized carbons (Fsp3) is 0.450. The number of likely N-dealkylation sites (N-methyl/N-ethyl adjacent to an activating group) is 1. The maximum atomic E-state index is 10.5. The van der Waals surface area contributed by atoms with Gasteiger partial charge in [-0.15, -0.1) is 5.06 Å². The zero-order valence-electron chi connectivity index (χ0n) is 15.9. The molecule has 0 saturated carbocycles. The van der Waals surface area contributed by atoms with Crippen LogP contribution in [-0.4, -0.2) is 38.1 Å². The van der Waals surface area contributed by atoms with Crippen LogP contribution in [0.15, 0.2) is 24.4 Å². The summed E-state index contributed by atoms with van der Waals surface area (Å²) in [6.07, 6.45) is 2.98. The van der Waals surface area contributed by atoms with Crippen molar-refractivity contribution in [2.24, 2.45) is 0 Å². The van der Waals surface area contributed by atoms with Gasteiger partial charge in [0.1, 0.15) is 11.5 Å². The van der Waals surface area contributed by atoms with E-state index >= 15 is 0 Å². The zero-order chi connectivity index (χ0) is 18.8. The van der Waals surface area contributed by atoms with Gasteiger partial charge < -0.3 is 15.1 Å². The molecule has 1 aromatic heterocycles. The lowest BCUT2D eigenvalue weighted by Gasteiger charge is -2.16. The molecule has 2 heterocycles. The summed E-state index contributed by atoms with van der Waals surface area (Å²) in [5.74, 6) is 0.838. The van der Waals surface area contributed by atoms with Gasteiger partial charge in [-0.3, -0.25) is 4.68 Å².